The minimum atomic E-state index is -0.297. The normalized spacial score (nSPS) is 18.3. The monoisotopic (exact) mass is 443 g/mol. The number of nitrogens with zero attached hydrogens (tertiary/aromatic N) is 4. The van der Waals surface area contributed by atoms with Gasteiger partial charge < -0.3 is 19.4 Å². The van der Waals surface area contributed by atoms with E-state index in [1.54, 1.807) is 0 Å². The van der Waals surface area contributed by atoms with Crippen LogP contribution in [0, 0.1) is 0 Å². The number of tetrazole rings is 1. The highest BCUT2D eigenvalue weighted by Gasteiger charge is 2.37. The molecule has 3 aromatic rings. The molecule has 0 radical (unpaired) electrons. The van der Waals surface area contributed by atoms with E-state index in [1.165, 1.54) is 4.90 Å². The molecule has 2 N–H and O–H groups in total. The predicted octanol–water partition coefficient (Wildman–Crippen LogP) is 0.762. The molecule has 0 bridgehead atoms. The van der Waals surface area contributed by atoms with Crippen LogP contribution in [0.4, 0.5) is 0 Å². The molecule has 4 heterocycles. The molecule has 0 aliphatic carbocycles. The Morgan fingerprint density at radius 2 is 1.84 bits per heavy atom. The van der Waals surface area contributed by atoms with E-state index in [1.807, 2.05) is 34.6 Å². The van der Waals surface area contributed by atoms with Gasteiger partial charge in [-0.1, -0.05) is 0 Å². The van der Waals surface area contributed by atoms with Gasteiger partial charge in [0.15, 0.2) is 17.5 Å². The first-order chi connectivity index (χ1) is 14.9. The van der Waals surface area contributed by atoms with Gasteiger partial charge in [0.1, 0.15) is 13.2 Å². The third kappa shape index (κ3) is 3.78. The van der Waals surface area contributed by atoms with E-state index in [0.717, 1.165) is 41.3 Å². The van der Waals surface area contributed by atoms with Gasteiger partial charge in [0.25, 0.3) is 5.56 Å². The minimum absolute atomic E-state index is 0.122. The number of aromatic nitrogens is 5. The summed E-state index contributed by atoms with van der Waals surface area (Å²) in [4.78, 5) is 17.7. The van der Waals surface area contributed by atoms with Crippen LogP contribution in [0.3, 0.4) is 0 Å². The maximum Gasteiger partial charge on any atom is 0.258 e. The summed E-state index contributed by atoms with van der Waals surface area (Å²) in [6, 6.07) is 5.49. The first-order valence-corrected chi connectivity index (χ1v) is 11.7. The van der Waals surface area contributed by atoms with Crippen molar-refractivity contribution in [2.45, 2.75) is 32.4 Å². The van der Waals surface area contributed by atoms with Crippen molar-refractivity contribution in [2.24, 2.45) is 0 Å². The Morgan fingerprint density at radius 1 is 1.13 bits per heavy atom. The fourth-order valence-electron chi connectivity index (χ4n) is 4.29. The van der Waals surface area contributed by atoms with Crippen LogP contribution in [0.15, 0.2) is 23.0 Å². The molecule has 1 atom stereocenters. The smallest absolute Gasteiger partial charge is 0.258 e. The molecule has 9 nitrogen and oxygen atoms in total. The van der Waals surface area contributed by atoms with Crippen molar-refractivity contribution in [1.29, 1.82) is 0 Å². The Balaban J connectivity index is 1.68. The third-order valence-corrected chi connectivity index (χ3v) is 6.76. The minimum Gasteiger partial charge on any atom is -0.486 e. The van der Waals surface area contributed by atoms with Crippen LogP contribution in [-0.2, 0) is 5.54 Å². The summed E-state index contributed by atoms with van der Waals surface area (Å²) in [5.41, 5.74) is 0.987. The van der Waals surface area contributed by atoms with Crippen molar-refractivity contribution in [1.82, 2.24) is 25.2 Å². The molecule has 2 aromatic heterocycles. The molecular formula is C21H27N6O3S+. The summed E-state index contributed by atoms with van der Waals surface area (Å²) in [6.45, 7) is 9.14. The van der Waals surface area contributed by atoms with Crippen molar-refractivity contribution in [3.05, 3.63) is 39.9 Å². The second-order valence-electron chi connectivity index (χ2n) is 8.96. The highest BCUT2D eigenvalue weighted by molar-refractivity contribution is 7.99. The molecule has 1 fully saturated rings. The molecule has 0 amide bonds. The van der Waals surface area contributed by atoms with Gasteiger partial charge in [-0.25, -0.2) is 4.68 Å². The lowest BCUT2D eigenvalue weighted by Crippen LogP contribution is -3.14. The van der Waals surface area contributed by atoms with Crippen LogP contribution in [0.1, 0.15) is 38.2 Å². The van der Waals surface area contributed by atoms with Gasteiger partial charge in [-0.2, -0.15) is 11.8 Å². The van der Waals surface area contributed by atoms with Gasteiger partial charge in [-0.15, -0.1) is 5.10 Å². The predicted molar refractivity (Wildman–Crippen MR) is 118 cm³/mol. The Kier molecular flexibility index (Phi) is 5.13. The van der Waals surface area contributed by atoms with Crippen LogP contribution in [-0.4, -0.2) is 63.0 Å². The van der Waals surface area contributed by atoms with Crippen LogP contribution in [0.2, 0.25) is 0 Å². The highest BCUT2D eigenvalue weighted by Crippen LogP contribution is 2.34. The molecule has 2 aliphatic rings. The number of H-pyrrole nitrogens is 1. The number of hydrogen-bond acceptors (Lipinski definition) is 7. The van der Waals surface area contributed by atoms with Crippen LogP contribution >= 0.6 is 11.8 Å². The maximum atomic E-state index is 13.3. The zero-order valence-corrected chi connectivity index (χ0v) is 18.8. The van der Waals surface area contributed by atoms with E-state index in [4.69, 9.17) is 9.47 Å². The average Bonchev–Trinajstić information content (AvgIpc) is 3.24. The lowest BCUT2D eigenvalue weighted by molar-refractivity contribution is -0.923. The van der Waals surface area contributed by atoms with E-state index in [-0.39, 0.29) is 17.1 Å². The second kappa shape index (κ2) is 7.83. The van der Waals surface area contributed by atoms with E-state index in [2.05, 4.69) is 41.3 Å². The number of nitrogens with one attached hydrogen (secondary N) is 2. The number of hydrogen-bond donors (Lipinski definition) is 2. The summed E-state index contributed by atoms with van der Waals surface area (Å²) < 4.78 is 13.3. The molecule has 0 saturated carbocycles. The Morgan fingerprint density at radius 3 is 2.55 bits per heavy atom. The van der Waals surface area contributed by atoms with Crippen molar-refractivity contribution in [2.75, 3.05) is 37.8 Å². The number of ether oxygens (including phenoxy) is 2. The quantitative estimate of drug-likeness (QED) is 0.617. The van der Waals surface area contributed by atoms with Crippen molar-refractivity contribution in [3.8, 4) is 11.5 Å². The van der Waals surface area contributed by atoms with Gasteiger partial charge in [0.05, 0.1) is 29.7 Å². The van der Waals surface area contributed by atoms with Crippen molar-refractivity contribution in [3.63, 3.8) is 0 Å². The van der Waals surface area contributed by atoms with E-state index >= 15 is 0 Å². The molecule has 1 aromatic carbocycles. The van der Waals surface area contributed by atoms with Crippen molar-refractivity contribution >= 4 is 22.7 Å². The fraction of sp³-hybridized carbons (Fsp3) is 0.524. The van der Waals surface area contributed by atoms with Gasteiger partial charge in [0.2, 0.25) is 5.82 Å². The molecule has 0 unspecified atom stereocenters. The van der Waals surface area contributed by atoms with Crippen LogP contribution < -0.4 is 19.9 Å². The van der Waals surface area contributed by atoms with Gasteiger partial charge in [-0.3, -0.25) is 4.79 Å². The lowest BCUT2D eigenvalue weighted by atomic mass is 10.0. The number of rotatable bonds is 3. The van der Waals surface area contributed by atoms with Crippen LogP contribution in [0.25, 0.3) is 10.9 Å². The number of aromatic amines is 1. The standard InChI is InChI=1S/C21H26N6O3S/c1-21(2,3)27-19(23-24-25-27)18(26-4-8-31-9-5-26)14-10-13-11-16-17(30-7-6-29-16)12-15(13)22-20(14)28/h10-12,18H,4-9H2,1-3H3,(H,22,28)/p+1/t18-/m0/s1. The number of thioether (sulfide) groups is 1. The van der Waals surface area contributed by atoms with Crippen molar-refractivity contribution < 1.29 is 14.4 Å². The molecule has 0 spiro atoms. The Bertz CT molecular complexity index is 1160. The van der Waals surface area contributed by atoms with Gasteiger partial charge >= 0.3 is 0 Å². The topological polar surface area (TPSA) is 99.4 Å². The van der Waals surface area contributed by atoms with E-state index in [0.29, 0.717) is 30.3 Å². The highest BCUT2D eigenvalue weighted by atomic mass is 32.2. The van der Waals surface area contributed by atoms with Gasteiger partial charge in [-0.05, 0) is 43.3 Å². The summed E-state index contributed by atoms with van der Waals surface area (Å²) in [5.74, 6) is 4.18. The summed E-state index contributed by atoms with van der Waals surface area (Å²) in [5, 5.41) is 13.6. The fourth-order valence-corrected chi connectivity index (χ4v) is 5.31. The SMILES string of the molecule is CC(C)(C)n1nnnc1[C@H](c1cc2cc3c(cc2[nH]c1=O)OCCO3)[NH+]1CCSCC1. The van der Waals surface area contributed by atoms with Gasteiger partial charge in [0, 0.05) is 23.0 Å². The first kappa shape index (κ1) is 20.3. The number of fused-ring (bicyclic) bond motifs is 2. The summed E-state index contributed by atoms with van der Waals surface area (Å²) in [7, 11) is 0. The van der Waals surface area contributed by atoms with Crippen LogP contribution in [0.5, 0.6) is 11.5 Å². The maximum absolute atomic E-state index is 13.3. The lowest BCUT2D eigenvalue weighted by Gasteiger charge is -2.32. The zero-order chi connectivity index (χ0) is 21.6. The Labute approximate surface area is 184 Å². The summed E-state index contributed by atoms with van der Waals surface area (Å²) >= 11 is 1.94. The first-order valence-electron chi connectivity index (χ1n) is 10.6. The molecule has 2 aliphatic heterocycles. The third-order valence-electron chi connectivity index (χ3n) is 5.78. The number of quaternary nitrogens is 1. The zero-order valence-electron chi connectivity index (χ0n) is 18.0. The largest absolute Gasteiger partial charge is 0.486 e. The number of pyridine rings is 1. The molecule has 164 valence electrons. The summed E-state index contributed by atoms with van der Waals surface area (Å²) in [6.07, 6.45) is 0. The number of benzene rings is 1. The average molecular weight is 444 g/mol. The second-order valence-corrected chi connectivity index (χ2v) is 10.2. The molecule has 5 rings (SSSR count). The van der Waals surface area contributed by atoms with E-state index in [9.17, 15) is 4.79 Å². The Hall–Kier alpha value is -2.59. The van der Waals surface area contributed by atoms with E-state index < -0.39 is 0 Å². The molecule has 31 heavy (non-hydrogen) atoms. The molecular weight excluding hydrogens is 416 g/mol. The molecule has 1 saturated heterocycles. The molecule has 10 heteroatoms.